The van der Waals surface area contributed by atoms with E-state index in [1.165, 1.54) is 11.8 Å². The van der Waals surface area contributed by atoms with Crippen molar-refractivity contribution in [1.82, 2.24) is 0 Å². The molecular weight excluding hydrogens is 228 g/mol. The molecule has 0 saturated heterocycles. The lowest BCUT2D eigenvalue weighted by atomic mass is 9.80. The number of aliphatic hydroxyl groups is 4. The Labute approximate surface area is 100.0 Å². The molecule has 4 nitrogen and oxygen atoms in total. The maximum absolute atomic E-state index is 10.2. The number of aliphatic hydroxyl groups excluding tert-OH is 3. The first kappa shape index (κ1) is 14.0. The van der Waals surface area contributed by atoms with Gasteiger partial charge >= 0.3 is 0 Å². The summed E-state index contributed by atoms with van der Waals surface area (Å²) in [5, 5.41) is 38.4. The van der Waals surface area contributed by atoms with Gasteiger partial charge in [0.2, 0.25) is 0 Å². The Kier molecular flexibility index (Phi) is 4.82. The first-order valence-electron chi connectivity index (χ1n) is 5.37. The fourth-order valence-corrected chi connectivity index (χ4v) is 3.21. The van der Waals surface area contributed by atoms with E-state index in [1.54, 1.807) is 0 Å². The normalized spacial score (nSPS) is 39.7. The predicted octanol–water partition coefficient (Wildman–Crippen LogP) is -0.0967. The van der Waals surface area contributed by atoms with Crippen LogP contribution >= 0.6 is 11.8 Å². The molecule has 5 heteroatoms. The van der Waals surface area contributed by atoms with Gasteiger partial charge in [-0.05, 0) is 19.8 Å². The van der Waals surface area contributed by atoms with Gasteiger partial charge in [0, 0.05) is 11.0 Å². The Bertz CT molecular complexity index is 258. The minimum Gasteiger partial charge on any atom is -0.393 e. The summed E-state index contributed by atoms with van der Waals surface area (Å²) in [6.07, 6.45) is -1.22. The minimum atomic E-state index is -1.61. The topological polar surface area (TPSA) is 80.9 Å². The van der Waals surface area contributed by atoms with E-state index in [2.05, 4.69) is 6.58 Å². The third kappa shape index (κ3) is 2.78. The fourth-order valence-electron chi connectivity index (χ4n) is 1.92. The van der Waals surface area contributed by atoms with Crippen LogP contribution in [0.1, 0.15) is 19.8 Å². The van der Waals surface area contributed by atoms with Gasteiger partial charge in [-0.15, -0.1) is 0 Å². The first-order chi connectivity index (χ1) is 7.41. The van der Waals surface area contributed by atoms with Crippen molar-refractivity contribution < 1.29 is 20.4 Å². The van der Waals surface area contributed by atoms with Crippen molar-refractivity contribution in [3.05, 3.63) is 12.2 Å². The van der Waals surface area contributed by atoms with E-state index < -0.39 is 24.4 Å². The lowest BCUT2D eigenvalue weighted by Crippen LogP contribution is -2.61. The zero-order chi connectivity index (χ0) is 12.3. The molecule has 16 heavy (non-hydrogen) atoms. The highest BCUT2D eigenvalue weighted by Gasteiger charge is 2.49. The van der Waals surface area contributed by atoms with Crippen LogP contribution in [0.4, 0.5) is 0 Å². The second-order valence-electron chi connectivity index (χ2n) is 4.50. The van der Waals surface area contributed by atoms with Gasteiger partial charge in [-0.1, -0.05) is 12.2 Å². The van der Waals surface area contributed by atoms with E-state index in [1.807, 2.05) is 6.92 Å². The Morgan fingerprint density at radius 1 is 1.44 bits per heavy atom. The van der Waals surface area contributed by atoms with Crippen LogP contribution < -0.4 is 0 Å². The van der Waals surface area contributed by atoms with Crippen LogP contribution in [0, 0.1) is 0 Å². The van der Waals surface area contributed by atoms with Crippen LogP contribution in [-0.4, -0.2) is 55.8 Å². The Hall–Kier alpha value is -0.0700. The van der Waals surface area contributed by atoms with E-state index in [0.29, 0.717) is 18.6 Å². The fraction of sp³-hybridized carbons (Fsp3) is 0.818. The highest BCUT2D eigenvalue weighted by atomic mass is 32.2. The first-order valence-corrected chi connectivity index (χ1v) is 6.42. The standard InChI is InChI=1S/C11H20O4S/c1-7(2)5-16-9-4-3-8(13)10(14)11(9,15)6-12/h8-10,12-15H,1,3-6H2,2H3. The van der Waals surface area contributed by atoms with Crippen molar-refractivity contribution in [1.29, 1.82) is 0 Å². The van der Waals surface area contributed by atoms with Gasteiger partial charge in [-0.25, -0.2) is 0 Å². The monoisotopic (exact) mass is 248 g/mol. The molecule has 1 aliphatic carbocycles. The SMILES string of the molecule is C=C(C)CSC1CCC(O)C(O)C1(O)CO. The summed E-state index contributed by atoms with van der Waals surface area (Å²) in [5.41, 5.74) is -0.636. The van der Waals surface area contributed by atoms with E-state index in [9.17, 15) is 20.4 Å². The van der Waals surface area contributed by atoms with Gasteiger partial charge in [-0.3, -0.25) is 0 Å². The highest BCUT2D eigenvalue weighted by molar-refractivity contribution is 8.00. The summed E-state index contributed by atoms with van der Waals surface area (Å²) in [5.74, 6) is 0.676. The van der Waals surface area contributed by atoms with E-state index in [4.69, 9.17) is 0 Å². The molecule has 0 aromatic carbocycles. The lowest BCUT2D eigenvalue weighted by molar-refractivity contribution is -0.164. The molecule has 1 rings (SSSR count). The molecule has 4 N–H and O–H groups in total. The van der Waals surface area contributed by atoms with Gasteiger partial charge in [0.05, 0.1) is 12.7 Å². The Morgan fingerprint density at radius 3 is 2.56 bits per heavy atom. The Morgan fingerprint density at radius 2 is 2.06 bits per heavy atom. The van der Waals surface area contributed by atoms with Gasteiger partial charge in [0.1, 0.15) is 11.7 Å². The number of hydrogen-bond donors (Lipinski definition) is 4. The number of thioether (sulfide) groups is 1. The van der Waals surface area contributed by atoms with Gasteiger partial charge < -0.3 is 20.4 Å². The molecule has 0 amide bonds. The summed E-state index contributed by atoms with van der Waals surface area (Å²) in [6, 6.07) is 0. The van der Waals surface area contributed by atoms with Crippen molar-refractivity contribution in [2.75, 3.05) is 12.4 Å². The number of hydrogen-bond acceptors (Lipinski definition) is 5. The van der Waals surface area contributed by atoms with E-state index >= 15 is 0 Å². The summed E-state index contributed by atoms with van der Waals surface area (Å²) >= 11 is 1.46. The van der Waals surface area contributed by atoms with Crippen LogP contribution in [0.3, 0.4) is 0 Å². The summed E-state index contributed by atoms with van der Waals surface area (Å²) in [7, 11) is 0. The second-order valence-corrected chi connectivity index (χ2v) is 5.69. The maximum atomic E-state index is 10.2. The molecule has 4 atom stereocenters. The molecule has 0 bridgehead atoms. The van der Waals surface area contributed by atoms with Crippen molar-refractivity contribution >= 4 is 11.8 Å². The molecule has 4 unspecified atom stereocenters. The predicted molar refractivity (Wildman–Crippen MR) is 64.3 cm³/mol. The van der Waals surface area contributed by atoms with E-state index in [0.717, 1.165) is 5.57 Å². The molecule has 94 valence electrons. The summed E-state index contributed by atoms with van der Waals surface area (Å²) in [4.78, 5) is 0. The smallest absolute Gasteiger partial charge is 0.128 e. The molecule has 0 spiro atoms. The third-order valence-electron chi connectivity index (χ3n) is 2.94. The van der Waals surface area contributed by atoms with Crippen molar-refractivity contribution in [3.8, 4) is 0 Å². The van der Waals surface area contributed by atoms with E-state index in [-0.39, 0.29) is 5.25 Å². The molecule has 0 radical (unpaired) electrons. The van der Waals surface area contributed by atoms with Gasteiger partial charge in [0.15, 0.2) is 0 Å². The van der Waals surface area contributed by atoms with Crippen molar-refractivity contribution in [3.63, 3.8) is 0 Å². The minimum absolute atomic E-state index is 0.271. The molecule has 1 saturated carbocycles. The largest absolute Gasteiger partial charge is 0.393 e. The molecule has 0 aliphatic heterocycles. The van der Waals surface area contributed by atoms with Crippen LogP contribution in [0.2, 0.25) is 0 Å². The molecular formula is C11H20O4S. The lowest BCUT2D eigenvalue weighted by Gasteiger charge is -2.44. The second kappa shape index (κ2) is 5.51. The third-order valence-corrected chi connectivity index (χ3v) is 4.65. The van der Waals surface area contributed by atoms with Crippen molar-refractivity contribution in [2.45, 2.75) is 42.8 Å². The molecule has 0 heterocycles. The quantitative estimate of drug-likeness (QED) is 0.523. The van der Waals surface area contributed by atoms with Gasteiger partial charge in [0.25, 0.3) is 0 Å². The average Bonchev–Trinajstić information content (AvgIpc) is 2.24. The molecule has 1 fully saturated rings. The van der Waals surface area contributed by atoms with Gasteiger partial charge in [-0.2, -0.15) is 11.8 Å². The highest BCUT2D eigenvalue weighted by Crippen LogP contribution is 2.37. The van der Waals surface area contributed by atoms with Crippen molar-refractivity contribution in [2.24, 2.45) is 0 Å². The molecule has 1 aliphatic rings. The average molecular weight is 248 g/mol. The van der Waals surface area contributed by atoms with Crippen LogP contribution in [0.5, 0.6) is 0 Å². The summed E-state index contributed by atoms with van der Waals surface area (Å²) in [6.45, 7) is 5.12. The molecule has 0 aromatic rings. The maximum Gasteiger partial charge on any atom is 0.128 e. The number of rotatable bonds is 4. The zero-order valence-corrected chi connectivity index (χ0v) is 10.3. The molecule has 0 aromatic heterocycles. The van der Waals surface area contributed by atoms with Crippen LogP contribution in [0.15, 0.2) is 12.2 Å². The van der Waals surface area contributed by atoms with Crippen LogP contribution in [0.25, 0.3) is 0 Å². The summed E-state index contributed by atoms with van der Waals surface area (Å²) < 4.78 is 0. The zero-order valence-electron chi connectivity index (χ0n) is 9.46. The Balaban J connectivity index is 2.71. The van der Waals surface area contributed by atoms with Crippen LogP contribution in [-0.2, 0) is 0 Å².